The molecule has 0 radical (unpaired) electrons. The summed E-state index contributed by atoms with van der Waals surface area (Å²) in [7, 11) is 0. The van der Waals surface area contributed by atoms with Crippen LogP contribution in [0.5, 0.6) is 0 Å². The van der Waals surface area contributed by atoms with Gasteiger partial charge in [-0.2, -0.15) is 0 Å². The average molecular weight is 192 g/mol. The molecule has 0 aliphatic heterocycles. The molecule has 0 spiro atoms. The molecular formula is C7H12O6. The molecule has 0 unspecified atom stereocenters. The third-order valence-corrected chi connectivity index (χ3v) is 1.99. The summed E-state index contributed by atoms with van der Waals surface area (Å²) >= 11 is 0. The van der Waals surface area contributed by atoms with E-state index in [-0.39, 0.29) is 0 Å². The van der Waals surface area contributed by atoms with Crippen LogP contribution in [0.1, 0.15) is 13.8 Å². The van der Waals surface area contributed by atoms with Crippen molar-refractivity contribution in [2.75, 3.05) is 6.61 Å². The summed E-state index contributed by atoms with van der Waals surface area (Å²) in [6.45, 7) is 1.55. The fourth-order valence-electron chi connectivity index (χ4n) is 0.785. The number of carboxylic acid groups (broad SMARTS) is 2. The van der Waals surface area contributed by atoms with Gasteiger partial charge >= 0.3 is 11.9 Å². The SMILES string of the molecule is CC(C)(CO)C(O)(C(=O)O)C(=O)O. The molecule has 0 aliphatic rings. The normalized spacial score (nSPS) is 12.6. The van der Waals surface area contributed by atoms with Gasteiger partial charge in [0.05, 0.1) is 6.61 Å². The zero-order chi connectivity index (χ0) is 10.9. The Bertz CT molecular complexity index is 217. The maximum absolute atomic E-state index is 10.5. The lowest BCUT2D eigenvalue weighted by Gasteiger charge is -2.33. The molecule has 4 N–H and O–H groups in total. The van der Waals surface area contributed by atoms with Gasteiger partial charge in [0.2, 0.25) is 0 Å². The second-order valence-electron chi connectivity index (χ2n) is 3.36. The van der Waals surface area contributed by atoms with Crippen molar-refractivity contribution < 1.29 is 30.0 Å². The molecule has 0 fully saturated rings. The highest BCUT2D eigenvalue weighted by Gasteiger charge is 2.56. The molecular weight excluding hydrogens is 180 g/mol. The Morgan fingerprint density at radius 3 is 1.54 bits per heavy atom. The molecule has 0 rings (SSSR count). The van der Waals surface area contributed by atoms with Crippen LogP contribution < -0.4 is 0 Å². The summed E-state index contributed by atoms with van der Waals surface area (Å²) in [5.74, 6) is -3.78. The van der Waals surface area contributed by atoms with Gasteiger partial charge in [-0.25, -0.2) is 9.59 Å². The van der Waals surface area contributed by atoms with E-state index in [9.17, 15) is 14.7 Å². The van der Waals surface area contributed by atoms with Crippen molar-refractivity contribution in [3.63, 3.8) is 0 Å². The van der Waals surface area contributed by atoms with Crippen LogP contribution in [-0.2, 0) is 9.59 Å². The van der Waals surface area contributed by atoms with Crippen LogP contribution >= 0.6 is 0 Å². The monoisotopic (exact) mass is 192 g/mol. The molecule has 0 saturated carbocycles. The Morgan fingerprint density at radius 1 is 1.15 bits per heavy atom. The Kier molecular flexibility index (Phi) is 3.02. The standard InChI is InChI=1S/C7H12O6/c1-6(2,3-8)7(13,4(9)10)5(11)12/h8,13H,3H2,1-2H3,(H,9,10)(H,11,12). The van der Waals surface area contributed by atoms with Crippen LogP contribution in [-0.4, -0.2) is 44.6 Å². The maximum atomic E-state index is 10.5. The fraction of sp³-hybridized carbons (Fsp3) is 0.714. The Morgan fingerprint density at radius 2 is 1.46 bits per heavy atom. The van der Waals surface area contributed by atoms with Gasteiger partial charge < -0.3 is 20.4 Å². The van der Waals surface area contributed by atoms with E-state index in [0.717, 1.165) is 13.8 Å². The number of aliphatic hydroxyl groups is 2. The summed E-state index contributed by atoms with van der Waals surface area (Å²) in [5.41, 5.74) is -4.62. The van der Waals surface area contributed by atoms with E-state index in [1.807, 2.05) is 0 Å². The lowest BCUT2D eigenvalue weighted by atomic mass is 9.75. The Balaban J connectivity index is 5.26. The Hall–Kier alpha value is -1.14. The molecule has 76 valence electrons. The molecule has 0 bridgehead atoms. The zero-order valence-corrected chi connectivity index (χ0v) is 7.31. The van der Waals surface area contributed by atoms with E-state index in [1.54, 1.807) is 0 Å². The van der Waals surface area contributed by atoms with Crippen molar-refractivity contribution in [3.05, 3.63) is 0 Å². The first-order valence-corrected chi connectivity index (χ1v) is 3.50. The zero-order valence-electron chi connectivity index (χ0n) is 7.31. The molecule has 0 aliphatic carbocycles. The number of carbonyl (C=O) groups is 2. The molecule has 0 aromatic heterocycles. The van der Waals surface area contributed by atoms with Gasteiger partial charge in [0.1, 0.15) is 0 Å². The van der Waals surface area contributed by atoms with Crippen molar-refractivity contribution in [1.82, 2.24) is 0 Å². The van der Waals surface area contributed by atoms with E-state index in [0.29, 0.717) is 0 Å². The highest BCUT2D eigenvalue weighted by molar-refractivity contribution is 6.02. The molecule has 0 amide bonds. The van der Waals surface area contributed by atoms with Crippen LogP contribution in [0.3, 0.4) is 0 Å². The van der Waals surface area contributed by atoms with Gasteiger partial charge in [0.15, 0.2) is 0 Å². The number of aliphatic hydroxyl groups excluding tert-OH is 1. The average Bonchev–Trinajstić information content (AvgIpc) is 2.01. The molecule has 6 heteroatoms. The van der Waals surface area contributed by atoms with Crippen LogP contribution in [0.15, 0.2) is 0 Å². The summed E-state index contributed by atoms with van der Waals surface area (Å²) in [4.78, 5) is 21.1. The van der Waals surface area contributed by atoms with E-state index < -0.39 is 29.6 Å². The first-order valence-electron chi connectivity index (χ1n) is 3.50. The van der Waals surface area contributed by atoms with Gasteiger partial charge in [0, 0.05) is 5.41 Å². The largest absolute Gasteiger partial charge is 0.479 e. The van der Waals surface area contributed by atoms with Gasteiger partial charge in [0.25, 0.3) is 5.60 Å². The third kappa shape index (κ3) is 1.63. The second-order valence-corrected chi connectivity index (χ2v) is 3.36. The third-order valence-electron chi connectivity index (χ3n) is 1.99. The van der Waals surface area contributed by atoms with Crippen molar-refractivity contribution in [1.29, 1.82) is 0 Å². The highest BCUT2D eigenvalue weighted by atomic mass is 16.4. The summed E-state index contributed by atoms with van der Waals surface area (Å²) in [5, 5.41) is 35.1. The lowest BCUT2D eigenvalue weighted by Crippen LogP contribution is -2.58. The predicted molar refractivity (Wildman–Crippen MR) is 41.1 cm³/mol. The molecule has 0 aromatic carbocycles. The summed E-state index contributed by atoms with van der Waals surface area (Å²) in [6, 6.07) is 0. The molecule has 13 heavy (non-hydrogen) atoms. The topological polar surface area (TPSA) is 115 Å². The number of hydrogen-bond donors (Lipinski definition) is 4. The predicted octanol–water partition coefficient (Wildman–Crippen LogP) is -1.09. The molecule has 0 saturated heterocycles. The van der Waals surface area contributed by atoms with Crippen LogP contribution in [0.4, 0.5) is 0 Å². The number of aliphatic carboxylic acids is 2. The maximum Gasteiger partial charge on any atom is 0.348 e. The van der Waals surface area contributed by atoms with Crippen molar-refractivity contribution in [2.24, 2.45) is 5.41 Å². The number of carboxylic acids is 2. The first kappa shape index (κ1) is 11.9. The minimum Gasteiger partial charge on any atom is -0.479 e. The van der Waals surface area contributed by atoms with Crippen LogP contribution in [0.25, 0.3) is 0 Å². The minimum atomic E-state index is -2.97. The van der Waals surface area contributed by atoms with Crippen molar-refractivity contribution in [2.45, 2.75) is 19.4 Å². The van der Waals surface area contributed by atoms with E-state index in [1.165, 1.54) is 0 Å². The minimum absolute atomic E-state index is 0.748. The van der Waals surface area contributed by atoms with Crippen LogP contribution in [0, 0.1) is 5.41 Å². The quantitative estimate of drug-likeness (QED) is 0.420. The smallest absolute Gasteiger partial charge is 0.348 e. The van der Waals surface area contributed by atoms with E-state index in [4.69, 9.17) is 15.3 Å². The molecule has 0 aromatic rings. The molecule has 0 heterocycles. The number of hydrogen-bond acceptors (Lipinski definition) is 4. The first-order chi connectivity index (χ1) is 5.70. The van der Waals surface area contributed by atoms with Gasteiger partial charge in [-0.1, -0.05) is 13.8 Å². The lowest BCUT2D eigenvalue weighted by molar-refractivity contribution is -0.193. The van der Waals surface area contributed by atoms with Gasteiger partial charge in [-0.3, -0.25) is 0 Å². The van der Waals surface area contributed by atoms with Crippen LogP contribution in [0.2, 0.25) is 0 Å². The Labute approximate surface area is 74.4 Å². The second kappa shape index (κ2) is 3.31. The number of rotatable bonds is 4. The fourth-order valence-corrected chi connectivity index (χ4v) is 0.785. The van der Waals surface area contributed by atoms with E-state index >= 15 is 0 Å². The van der Waals surface area contributed by atoms with E-state index in [2.05, 4.69) is 0 Å². The van der Waals surface area contributed by atoms with Gasteiger partial charge in [-0.15, -0.1) is 0 Å². The highest BCUT2D eigenvalue weighted by Crippen LogP contribution is 2.31. The molecule has 6 nitrogen and oxygen atoms in total. The summed E-state index contributed by atoms with van der Waals surface area (Å²) < 4.78 is 0. The van der Waals surface area contributed by atoms with Gasteiger partial charge in [-0.05, 0) is 0 Å². The molecule has 0 atom stereocenters. The van der Waals surface area contributed by atoms with Crippen molar-refractivity contribution in [3.8, 4) is 0 Å². The summed E-state index contributed by atoms with van der Waals surface area (Å²) in [6.07, 6.45) is 0. The van der Waals surface area contributed by atoms with Crippen molar-refractivity contribution >= 4 is 11.9 Å².